The molecule has 7 heteroatoms. The van der Waals surface area contributed by atoms with Gasteiger partial charge in [0.1, 0.15) is 5.69 Å². The van der Waals surface area contributed by atoms with Gasteiger partial charge in [0.15, 0.2) is 17.7 Å². The maximum Gasteiger partial charge on any atom is 0.161 e. The molecule has 0 saturated heterocycles. The molecule has 186 valence electrons. The van der Waals surface area contributed by atoms with Crippen molar-refractivity contribution in [3.8, 4) is 39.7 Å². The van der Waals surface area contributed by atoms with Crippen LogP contribution in [0.1, 0.15) is 28.6 Å². The number of rotatable bonds is 5. The van der Waals surface area contributed by atoms with Crippen LogP contribution in [-0.4, -0.2) is 33.8 Å². The average molecular weight is 492 g/mol. The number of nitrogens with zero attached hydrogens (tertiary/aromatic N) is 4. The molecule has 7 nitrogen and oxygen atoms in total. The second-order valence-electron chi connectivity index (χ2n) is 9.45. The summed E-state index contributed by atoms with van der Waals surface area (Å²) < 4.78 is 15.1. The van der Waals surface area contributed by atoms with Gasteiger partial charge in [-0.15, -0.1) is 0 Å². The zero-order valence-electron chi connectivity index (χ0n) is 21.6. The summed E-state index contributed by atoms with van der Waals surface area (Å²) in [6.45, 7) is 6.32. The van der Waals surface area contributed by atoms with Crippen molar-refractivity contribution < 1.29 is 9.47 Å². The van der Waals surface area contributed by atoms with E-state index in [2.05, 4.69) is 60.4 Å². The van der Waals surface area contributed by atoms with E-state index in [1.54, 1.807) is 14.2 Å². The monoisotopic (exact) mass is 491 g/mol. The van der Waals surface area contributed by atoms with Gasteiger partial charge in [-0.25, -0.2) is 9.36 Å². The van der Waals surface area contributed by atoms with Gasteiger partial charge in [-0.3, -0.25) is 0 Å². The van der Waals surface area contributed by atoms with Crippen LogP contribution in [0.25, 0.3) is 28.2 Å². The summed E-state index contributed by atoms with van der Waals surface area (Å²) in [7, 11) is 3.29. The highest BCUT2D eigenvalue weighted by Crippen LogP contribution is 2.43. The number of fused-ring (bicyclic) bond motifs is 3. The summed E-state index contributed by atoms with van der Waals surface area (Å²) in [6, 6.07) is 22.6. The molecule has 1 atom stereocenters. The fraction of sp³-hybridized carbons (Fsp3) is 0.200. The maximum atomic E-state index is 5.62. The topological polar surface area (TPSA) is 66.1 Å². The van der Waals surface area contributed by atoms with E-state index in [1.807, 2.05) is 48.0 Å². The number of nitrogens with one attached hydrogen (secondary N) is 1. The first kappa shape index (κ1) is 22.9. The van der Waals surface area contributed by atoms with Gasteiger partial charge in [0.2, 0.25) is 0 Å². The first-order valence-corrected chi connectivity index (χ1v) is 12.3. The van der Waals surface area contributed by atoms with Crippen LogP contribution in [0.4, 0.5) is 5.69 Å². The molecule has 3 aromatic carbocycles. The first-order valence-electron chi connectivity index (χ1n) is 12.3. The smallest absolute Gasteiger partial charge is 0.161 e. The molecular weight excluding hydrogens is 462 g/mol. The van der Waals surface area contributed by atoms with Crippen LogP contribution in [0.3, 0.4) is 0 Å². The maximum absolute atomic E-state index is 5.62. The summed E-state index contributed by atoms with van der Waals surface area (Å²) in [5.41, 5.74) is 10.5. The molecule has 0 fully saturated rings. The lowest BCUT2D eigenvalue weighted by Crippen LogP contribution is -2.26. The Balaban J connectivity index is 1.58. The Hall–Kier alpha value is -4.52. The lowest BCUT2D eigenvalue weighted by molar-refractivity contribution is 0.355. The molecular formula is C30H29N5O2. The predicted molar refractivity (Wildman–Crippen MR) is 146 cm³/mol. The van der Waals surface area contributed by atoms with E-state index in [0.717, 1.165) is 45.1 Å². The van der Waals surface area contributed by atoms with Gasteiger partial charge >= 0.3 is 0 Å². The highest BCUT2D eigenvalue weighted by atomic mass is 16.5. The van der Waals surface area contributed by atoms with E-state index in [0.29, 0.717) is 11.5 Å². The first-order chi connectivity index (χ1) is 18.0. The van der Waals surface area contributed by atoms with Crippen molar-refractivity contribution in [1.29, 1.82) is 0 Å². The lowest BCUT2D eigenvalue weighted by atomic mass is 9.97. The van der Waals surface area contributed by atoms with Crippen LogP contribution in [0.5, 0.6) is 11.5 Å². The number of hydrogen-bond acceptors (Lipinski definition) is 5. The molecule has 0 bridgehead atoms. The van der Waals surface area contributed by atoms with Crippen molar-refractivity contribution in [3.05, 3.63) is 95.3 Å². The molecule has 0 spiro atoms. The third-order valence-corrected chi connectivity index (χ3v) is 6.85. The minimum atomic E-state index is -0.252. The van der Waals surface area contributed by atoms with Crippen LogP contribution in [0.15, 0.2) is 72.9 Å². The fourth-order valence-corrected chi connectivity index (χ4v) is 5.19. The number of benzene rings is 3. The Morgan fingerprint density at radius 3 is 2.38 bits per heavy atom. The molecule has 0 saturated carbocycles. The van der Waals surface area contributed by atoms with Gasteiger partial charge < -0.3 is 14.8 Å². The van der Waals surface area contributed by atoms with Gasteiger partial charge in [0.05, 0.1) is 31.3 Å². The van der Waals surface area contributed by atoms with Crippen molar-refractivity contribution in [2.24, 2.45) is 0 Å². The number of para-hydroxylation sites is 1. The standard InChI is InChI=1S/C30H29N5O2/c1-18-13-19(2)28-23(14-18)25-15-20(3)32-35(25)30(31-28)24-17-34(22-9-7-6-8-10-22)33-29(24)21-11-12-26(36-4)27(16-21)37-5/h6-17,30-31H,1-5H3/t30-/m1/s1. The van der Waals surface area contributed by atoms with Gasteiger partial charge in [0.25, 0.3) is 0 Å². The molecule has 0 amide bonds. The fourth-order valence-electron chi connectivity index (χ4n) is 5.19. The van der Waals surface area contributed by atoms with E-state index in [-0.39, 0.29) is 6.17 Å². The normalized spacial score (nSPS) is 14.0. The molecule has 0 radical (unpaired) electrons. The Morgan fingerprint density at radius 1 is 0.838 bits per heavy atom. The van der Waals surface area contributed by atoms with Crippen LogP contribution < -0.4 is 14.8 Å². The number of ether oxygens (including phenoxy) is 2. The molecule has 6 rings (SSSR count). The SMILES string of the molecule is COc1ccc(-c2nn(-c3ccccc3)cc2[C@@H]2Nc3c(C)cc(C)cc3-c3cc(C)nn32)cc1OC. The van der Waals surface area contributed by atoms with Crippen molar-refractivity contribution >= 4 is 5.69 Å². The highest BCUT2D eigenvalue weighted by molar-refractivity contribution is 5.82. The van der Waals surface area contributed by atoms with Gasteiger partial charge in [-0.05, 0) is 68.8 Å². The third-order valence-electron chi connectivity index (χ3n) is 6.85. The minimum Gasteiger partial charge on any atom is -0.493 e. The zero-order chi connectivity index (χ0) is 25.7. The molecule has 0 unspecified atom stereocenters. The van der Waals surface area contributed by atoms with Crippen molar-refractivity contribution in [2.45, 2.75) is 26.9 Å². The van der Waals surface area contributed by atoms with Crippen LogP contribution in [0.2, 0.25) is 0 Å². The highest BCUT2D eigenvalue weighted by Gasteiger charge is 2.31. The third kappa shape index (κ3) is 3.83. The van der Waals surface area contributed by atoms with E-state index in [9.17, 15) is 0 Å². The van der Waals surface area contributed by atoms with E-state index >= 15 is 0 Å². The number of anilines is 1. The number of aryl methyl sites for hydroxylation is 3. The second kappa shape index (κ2) is 8.85. The molecule has 37 heavy (non-hydrogen) atoms. The Kier molecular flexibility index (Phi) is 5.48. The van der Waals surface area contributed by atoms with Crippen molar-refractivity contribution in [1.82, 2.24) is 19.6 Å². The Bertz CT molecular complexity index is 1620. The summed E-state index contributed by atoms with van der Waals surface area (Å²) in [5.74, 6) is 1.33. The molecule has 3 heterocycles. The van der Waals surface area contributed by atoms with Crippen LogP contribution in [-0.2, 0) is 0 Å². The van der Waals surface area contributed by atoms with Gasteiger partial charge in [0, 0.05) is 28.6 Å². The quantitative estimate of drug-likeness (QED) is 0.312. The molecule has 0 aliphatic carbocycles. The largest absolute Gasteiger partial charge is 0.493 e. The predicted octanol–water partition coefficient (Wildman–Crippen LogP) is 6.32. The zero-order valence-corrected chi connectivity index (χ0v) is 21.6. The summed E-state index contributed by atoms with van der Waals surface area (Å²) in [6.07, 6.45) is 1.84. The van der Waals surface area contributed by atoms with E-state index in [4.69, 9.17) is 19.7 Å². The van der Waals surface area contributed by atoms with Crippen LogP contribution in [0, 0.1) is 20.8 Å². The summed E-state index contributed by atoms with van der Waals surface area (Å²) >= 11 is 0. The van der Waals surface area contributed by atoms with E-state index in [1.165, 1.54) is 11.1 Å². The Morgan fingerprint density at radius 2 is 1.62 bits per heavy atom. The number of methoxy groups -OCH3 is 2. The van der Waals surface area contributed by atoms with Crippen molar-refractivity contribution in [3.63, 3.8) is 0 Å². The van der Waals surface area contributed by atoms with Crippen LogP contribution >= 0.6 is 0 Å². The second-order valence-corrected chi connectivity index (χ2v) is 9.45. The van der Waals surface area contributed by atoms with Crippen molar-refractivity contribution in [2.75, 3.05) is 19.5 Å². The van der Waals surface area contributed by atoms with E-state index < -0.39 is 0 Å². The molecule has 1 aliphatic rings. The number of hydrogen-bond donors (Lipinski definition) is 1. The average Bonchev–Trinajstić information content (AvgIpc) is 3.52. The molecule has 1 N–H and O–H groups in total. The summed E-state index contributed by atoms with van der Waals surface area (Å²) in [5, 5.41) is 13.8. The minimum absolute atomic E-state index is 0.252. The Labute approximate surface area is 216 Å². The van der Waals surface area contributed by atoms with Gasteiger partial charge in [-0.1, -0.05) is 29.8 Å². The van der Waals surface area contributed by atoms with Gasteiger partial charge in [-0.2, -0.15) is 10.2 Å². The lowest BCUT2D eigenvalue weighted by Gasteiger charge is -2.30. The molecule has 5 aromatic rings. The molecule has 2 aromatic heterocycles. The molecule has 1 aliphatic heterocycles. The number of aromatic nitrogens is 4. The summed E-state index contributed by atoms with van der Waals surface area (Å²) in [4.78, 5) is 0.